The highest BCUT2D eigenvalue weighted by atomic mass is 32.2. The molecule has 0 aliphatic rings. The Labute approximate surface area is 135 Å². The Hall–Kier alpha value is -1.86. The van der Waals surface area contributed by atoms with Gasteiger partial charge in [0, 0.05) is 17.5 Å². The SMILES string of the molecule is CCCS(=O)(=O)NCCc1cc2c(C)ccc(OC)c2[nH]c1=O. The summed E-state index contributed by atoms with van der Waals surface area (Å²) in [5, 5.41) is 0.898. The molecule has 2 N–H and O–H groups in total. The number of aryl methyl sites for hydroxylation is 1. The number of pyridine rings is 1. The number of methoxy groups -OCH3 is 1. The van der Waals surface area contributed by atoms with Crippen molar-refractivity contribution in [3.8, 4) is 5.75 Å². The predicted molar refractivity (Wildman–Crippen MR) is 91.6 cm³/mol. The maximum atomic E-state index is 12.2. The highest BCUT2D eigenvalue weighted by Gasteiger charge is 2.11. The molecule has 1 aromatic heterocycles. The first-order valence-electron chi connectivity index (χ1n) is 7.54. The van der Waals surface area contributed by atoms with Crippen LogP contribution in [-0.4, -0.2) is 32.8 Å². The van der Waals surface area contributed by atoms with Gasteiger partial charge < -0.3 is 9.72 Å². The molecule has 0 spiro atoms. The first-order chi connectivity index (χ1) is 10.9. The third kappa shape index (κ3) is 4.11. The Morgan fingerprint density at radius 1 is 1.30 bits per heavy atom. The van der Waals surface area contributed by atoms with Crippen molar-refractivity contribution in [1.29, 1.82) is 0 Å². The van der Waals surface area contributed by atoms with E-state index in [-0.39, 0.29) is 17.9 Å². The summed E-state index contributed by atoms with van der Waals surface area (Å²) in [7, 11) is -1.70. The zero-order valence-electron chi connectivity index (χ0n) is 13.6. The number of H-pyrrole nitrogens is 1. The van der Waals surface area contributed by atoms with Gasteiger partial charge in [0.25, 0.3) is 5.56 Å². The van der Waals surface area contributed by atoms with E-state index in [1.165, 1.54) is 0 Å². The predicted octanol–water partition coefficient (Wildman–Crippen LogP) is 1.72. The van der Waals surface area contributed by atoms with Crippen molar-refractivity contribution in [3.63, 3.8) is 0 Å². The number of fused-ring (bicyclic) bond motifs is 1. The summed E-state index contributed by atoms with van der Waals surface area (Å²) in [5.74, 6) is 0.704. The molecular formula is C16H22N2O4S. The lowest BCUT2D eigenvalue weighted by Crippen LogP contribution is -2.29. The summed E-state index contributed by atoms with van der Waals surface area (Å²) in [5.41, 5.74) is 2.00. The molecule has 0 atom stereocenters. The lowest BCUT2D eigenvalue weighted by Gasteiger charge is -2.10. The van der Waals surface area contributed by atoms with Crippen LogP contribution < -0.4 is 15.0 Å². The molecule has 1 heterocycles. The van der Waals surface area contributed by atoms with Gasteiger partial charge in [-0.25, -0.2) is 13.1 Å². The van der Waals surface area contributed by atoms with Gasteiger partial charge in [-0.15, -0.1) is 0 Å². The Kier molecular flexibility index (Phi) is 5.43. The maximum absolute atomic E-state index is 12.2. The zero-order valence-corrected chi connectivity index (χ0v) is 14.4. The topological polar surface area (TPSA) is 88.3 Å². The van der Waals surface area contributed by atoms with Crippen molar-refractivity contribution < 1.29 is 13.2 Å². The summed E-state index contributed by atoms with van der Waals surface area (Å²) in [6.45, 7) is 3.97. The number of benzene rings is 1. The van der Waals surface area contributed by atoms with Crippen LogP contribution in [0.15, 0.2) is 23.0 Å². The van der Waals surface area contributed by atoms with Crippen LogP contribution in [0.3, 0.4) is 0 Å². The number of rotatable bonds is 7. The van der Waals surface area contributed by atoms with Crippen LogP contribution in [0.4, 0.5) is 0 Å². The molecule has 0 unspecified atom stereocenters. The van der Waals surface area contributed by atoms with Crippen LogP contribution in [0, 0.1) is 6.92 Å². The van der Waals surface area contributed by atoms with Gasteiger partial charge in [-0.2, -0.15) is 0 Å². The summed E-state index contributed by atoms with van der Waals surface area (Å²) in [6.07, 6.45) is 0.899. The van der Waals surface area contributed by atoms with Crippen molar-refractivity contribution in [2.75, 3.05) is 19.4 Å². The van der Waals surface area contributed by atoms with Crippen molar-refractivity contribution >= 4 is 20.9 Å². The molecule has 0 radical (unpaired) electrons. The number of aromatic nitrogens is 1. The van der Waals surface area contributed by atoms with E-state index in [1.54, 1.807) is 13.2 Å². The van der Waals surface area contributed by atoms with Gasteiger partial charge in [0.05, 0.1) is 18.4 Å². The largest absolute Gasteiger partial charge is 0.495 e. The third-order valence-electron chi connectivity index (χ3n) is 3.68. The van der Waals surface area contributed by atoms with Crippen LogP contribution in [0.5, 0.6) is 5.75 Å². The minimum absolute atomic E-state index is 0.0946. The highest BCUT2D eigenvalue weighted by Crippen LogP contribution is 2.25. The molecule has 6 nitrogen and oxygen atoms in total. The Bertz CT molecular complexity index is 856. The molecule has 0 fully saturated rings. The minimum Gasteiger partial charge on any atom is -0.495 e. The molecule has 0 aliphatic heterocycles. The van der Waals surface area contributed by atoms with E-state index in [2.05, 4.69) is 9.71 Å². The highest BCUT2D eigenvalue weighted by molar-refractivity contribution is 7.89. The van der Waals surface area contributed by atoms with Gasteiger partial charge >= 0.3 is 0 Å². The average Bonchev–Trinajstić information content (AvgIpc) is 2.48. The first kappa shape index (κ1) is 17.5. The number of hydrogen-bond donors (Lipinski definition) is 2. The normalized spacial score (nSPS) is 11.8. The maximum Gasteiger partial charge on any atom is 0.251 e. The van der Waals surface area contributed by atoms with Crippen molar-refractivity contribution in [2.45, 2.75) is 26.7 Å². The average molecular weight is 338 g/mol. The van der Waals surface area contributed by atoms with E-state index in [0.717, 1.165) is 10.9 Å². The van der Waals surface area contributed by atoms with E-state index in [1.807, 2.05) is 26.0 Å². The summed E-state index contributed by atoms with van der Waals surface area (Å²) in [6, 6.07) is 5.54. The van der Waals surface area contributed by atoms with Crippen LogP contribution in [-0.2, 0) is 16.4 Å². The van der Waals surface area contributed by atoms with Gasteiger partial charge in [0.2, 0.25) is 10.0 Å². The molecule has 0 amide bonds. The zero-order chi connectivity index (χ0) is 17.0. The third-order valence-corrected chi connectivity index (χ3v) is 5.27. The minimum atomic E-state index is -3.26. The second-order valence-corrected chi connectivity index (χ2v) is 7.39. The quantitative estimate of drug-likeness (QED) is 0.804. The number of aromatic amines is 1. The van der Waals surface area contributed by atoms with Crippen LogP contribution in [0.2, 0.25) is 0 Å². The molecule has 23 heavy (non-hydrogen) atoms. The lowest BCUT2D eigenvalue weighted by molar-refractivity contribution is 0.418. The van der Waals surface area contributed by atoms with Gasteiger partial charge in [0.1, 0.15) is 5.75 Å². The summed E-state index contributed by atoms with van der Waals surface area (Å²) >= 11 is 0. The van der Waals surface area contributed by atoms with Crippen molar-refractivity contribution in [3.05, 3.63) is 39.7 Å². The lowest BCUT2D eigenvalue weighted by atomic mass is 10.1. The van der Waals surface area contributed by atoms with Crippen LogP contribution >= 0.6 is 0 Å². The van der Waals surface area contributed by atoms with Gasteiger partial charge in [-0.3, -0.25) is 4.79 Å². The second kappa shape index (κ2) is 7.14. The Balaban J connectivity index is 2.27. The smallest absolute Gasteiger partial charge is 0.251 e. The first-order valence-corrected chi connectivity index (χ1v) is 9.20. The van der Waals surface area contributed by atoms with Crippen molar-refractivity contribution in [1.82, 2.24) is 9.71 Å². The Morgan fingerprint density at radius 2 is 2.04 bits per heavy atom. The van der Waals surface area contributed by atoms with Crippen molar-refractivity contribution in [2.24, 2.45) is 0 Å². The molecule has 0 saturated carbocycles. The standard InChI is InChI=1S/C16H22N2O4S/c1-4-9-23(20,21)17-8-7-12-10-13-11(2)5-6-14(22-3)15(13)18-16(12)19/h5-6,10,17H,4,7-9H2,1-3H3,(H,18,19). The van der Waals surface area contributed by atoms with Gasteiger partial charge in [0.15, 0.2) is 0 Å². The number of nitrogens with one attached hydrogen (secondary N) is 2. The van der Waals surface area contributed by atoms with E-state index in [9.17, 15) is 13.2 Å². The van der Waals surface area contributed by atoms with E-state index < -0.39 is 10.0 Å². The molecule has 7 heteroatoms. The van der Waals surface area contributed by atoms with E-state index in [0.29, 0.717) is 29.7 Å². The molecule has 126 valence electrons. The van der Waals surface area contributed by atoms with Crippen LogP contribution in [0.25, 0.3) is 10.9 Å². The van der Waals surface area contributed by atoms with E-state index >= 15 is 0 Å². The van der Waals surface area contributed by atoms with E-state index in [4.69, 9.17) is 4.74 Å². The summed E-state index contributed by atoms with van der Waals surface area (Å²) < 4.78 is 31.1. The molecular weight excluding hydrogens is 316 g/mol. The number of hydrogen-bond acceptors (Lipinski definition) is 4. The van der Waals surface area contributed by atoms with Gasteiger partial charge in [-0.05, 0) is 37.5 Å². The fraction of sp³-hybridized carbons (Fsp3) is 0.438. The molecule has 2 aromatic rings. The fourth-order valence-electron chi connectivity index (χ4n) is 2.49. The molecule has 0 bridgehead atoms. The molecule has 1 aromatic carbocycles. The number of sulfonamides is 1. The molecule has 0 saturated heterocycles. The monoisotopic (exact) mass is 338 g/mol. The number of ether oxygens (including phenoxy) is 1. The van der Waals surface area contributed by atoms with Crippen LogP contribution in [0.1, 0.15) is 24.5 Å². The fourth-order valence-corrected chi connectivity index (χ4v) is 3.58. The summed E-state index contributed by atoms with van der Waals surface area (Å²) in [4.78, 5) is 15.0. The van der Waals surface area contributed by atoms with Gasteiger partial charge in [-0.1, -0.05) is 13.0 Å². The second-order valence-electron chi connectivity index (χ2n) is 5.46. The molecule has 0 aliphatic carbocycles. The molecule has 2 rings (SSSR count). The Morgan fingerprint density at radius 3 is 2.70 bits per heavy atom.